The summed E-state index contributed by atoms with van der Waals surface area (Å²) in [6, 6.07) is 0. The number of ketones is 1. The predicted molar refractivity (Wildman–Crippen MR) is 43.0 cm³/mol. The van der Waals surface area contributed by atoms with Crippen LogP contribution in [-0.2, 0) is 0 Å². The van der Waals surface area contributed by atoms with Crippen LogP contribution in [0.25, 0.3) is 0 Å². The van der Waals surface area contributed by atoms with Gasteiger partial charge >= 0.3 is 0 Å². The number of thiazole rings is 1. The lowest BCUT2D eigenvalue weighted by atomic mass is 10.3. The highest BCUT2D eigenvalue weighted by molar-refractivity contribution is 7.09. The fraction of sp³-hybridized carbons (Fsp3) is 0.143. The molecule has 11 heavy (non-hydrogen) atoms. The molecule has 0 aliphatic heterocycles. The number of rotatable bonds is 2. The largest absolute Gasteiger partial charge is 0.515 e. The van der Waals surface area contributed by atoms with Crippen LogP contribution >= 0.6 is 11.3 Å². The Hall–Kier alpha value is -1.16. The van der Waals surface area contributed by atoms with Crippen LogP contribution in [0.15, 0.2) is 17.7 Å². The average Bonchev–Trinajstić information content (AvgIpc) is 2.36. The summed E-state index contributed by atoms with van der Waals surface area (Å²) in [5, 5.41) is 10.8. The summed E-state index contributed by atoms with van der Waals surface area (Å²) in [6.45, 7) is 1.82. The number of aliphatic hydroxyl groups excluding tert-OH is 1. The first-order valence-electron chi connectivity index (χ1n) is 3.01. The quantitative estimate of drug-likeness (QED) is 0.416. The molecule has 0 aromatic carbocycles. The number of carbonyl (C=O) groups excluding carboxylic acids is 1. The molecule has 0 saturated carbocycles. The molecule has 1 aromatic heterocycles. The SMILES string of the molecule is Cc1nc(C(=O)/C=C/O)cs1. The van der Waals surface area contributed by atoms with E-state index in [0.29, 0.717) is 5.69 Å². The molecule has 0 spiro atoms. The number of allylic oxidation sites excluding steroid dienone is 1. The maximum absolute atomic E-state index is 11.0. The van der Waals surface area contributed by atoms with E-state index >= 15 is 0 Å². The maximum Gasteiger partial charge on any atom is 0.208 e. The molecular weight excluding hydrogens is 162 g/mol. The third-order valence-corrected chi connectivity index (χ3v) is 1.87. The van der Waals surface area contributed by atoms with Gasteiger partial charge in [0.2, 0.25) is 5.78 Å². The van der Waals surface area contributed by atoms with Crippen molar-refractivity contribution in [2.24, 2.45) is 0 Å². The fourth-order valence-electron chi connectivity index (χ4n) is 0.630. The van der Waals surface area contributed by atoms with Gasteiger partial charge in [0.25, 0.3) is 0 Å². The Morgan fingerprint density at radius 2 is 2.55 bits per heavy atom. The van der Waals surface area contributed by atoms with E-state index in [9.17, 15) is 4.79 Å². The van der Waals surface area contributed by atoms with Crippen LogP contribution < -0.4 is 0 Å². The summed E-state index contributed by atoms with van der Waals surface area (Å²) in [7, 11) is 0. The minimum atomic E-state index is -0.267. The van der Waals surface area contributed by atoms with Crippen LogP contribution in [0, 0.1) is 6.92 Å². The lowest BCUT2D eigenvalue weighted by Gasteiger charge is -1.83. The van der Waals surface area contributed by atoms with Crippen molar-refractivity contribution in [3.8, 4) is 0 Å². The summed E-state index contributed by atoms with van der Waals surface area (Å²) in [6.07, 6.45) is 1.80. The van der Waals surface area contributed by atoms with Crippen LogP contribution in [0.3, 0.4) is 0 Å². The first-order valence-corrected chi connectivity index (χ1v) is 3.89. The molecule has 0 radical (unpaired) electrons. The fourth-order valence-corrected chi connectivity index (χ4v) is 1.23. The molecule has 0 aliphatic rings. The molecular formula is C7H7NO2S. The second-order valence-electron chi connectivity index (χ2n) is 1.93. The lowest BCUT2D eigenvalue weighted by Crippen LogP contribution is -1.93. The zero-order valence-electron chi connectivity index (χ0n) is 5.94. The summed E-state index contributed by atoms with van der Waals surface area (Å²) < 4.78 is 0. The van der Waals surface area contributed by atoms with Crippen molar-refractivity contribution in [1.82, 2.24) is 4.98 Å². The minimum Gasteiger partial charge on any atom is -0.515 e. The van der Waals surface area contributed by atoms with Gasteiger partial charge < -0.3 is 5.11 Å². The van der Waals surface area contributed by atoms with Gasteiger partial charge in [0.1, 0.15) is 5.69 Å². The number of hydrogen-bond donors (Lipinski definition) is 1. The Bertz CT molecular complexity index is 290. The number of aliphatic hydroxyl groups is 1. The zero-order valence-corrected chi connectivity index (χ0v) is 6.76. The third kappa shape index (κ3) is 1.88. The van der Waals surface area contributed by atoms with Gasteiger partial charge in [-0.2, -0.15) is 0 Å². The monoisotopic (exact) mass is 169 g/mol. The average molecular weight is 169 g/mol. The van der Waals surface area contributed by atoms with Gasteiger partial charge in [-0.05, 0) is 6.92 Å². The van der Waals surface area contributed by atoms with E-state index < -0.39 is 0 Å². The van der Waals surface area contributed by atoms with Gasteiger partial charge in [0, 0.05) is 11.5 Å². The van der Waals surface area contributed by atoms with Crippen molar-refractivity contribution < 1.29 is 9.90 Å². The van der Waals surface area contributed by atoms with Crippen LogP contribution in [-0.4, -0.2) is 15.9 Å². The predicted octanol–water partition coefficient (Wildman–Crippen LogP) is 1.71. The first-order chi connectivity index (χ1) is 5.24. The lowest BCUT2D eigenvalue weighted by molar-refractivity contribution is 0.104. The van der Waals surface area contributed by atoms with Crippen LogP contribution in [0.2, 0.25) is 0 Å². The van der Waals surface area contributed by atoms with E-state index in [0.717, 1.165) is 17.3 Å². The molecule has 4 heteroatoms. The molecule has 0 amide bonds. The normalized spacial score (nSPS) is 10.6. The topological polar surface area (TPSA) is 50.2 Å². The second kappa shape index (κ2) is 3.30. The first kappa shape index (κ1) is 7.94. The Balaban J connectivity index is 2.85. The van der Waals surface area contributed by atoms with Crippen molar-refractivity contribution in [3.63, 3.8) is 0 Å². The van der Waals surface area contributed by atoms with Crippen LogP contribution in [0.4, 0.5) is 0 Å². The maximum atomic E-state index is 11.0. The van der Waals surface area contributed by atoms with Crippen molar-refractivity contribution in [2.75, 3.05) is 0 Å². The molecule has 0 saturated heterocycles. The van der Waals surface area contributed by atoms with Gasteiger partial charge in [-0.3, -0.25) is 4.79 Å². The molecule has 3 nitrogen and oxygen atoms in total. The molecule has 0 fully saturated rings. The Morgan fingerprint density at radius 1 is 1.82 bits per heavy atom. The minimum absolute atomic E-state index is 0.267. The Kier molecular flexibility index (Phi) is 2.38. The molecule has 1 N–H and O–H groups in total. The van der Waals surface area contributed by atoms with Gasteiger partial charge in [-0.25, -0.2) is 4.98 Å². The summed E-state index contributed by atoms with van der Waals surface area (Å²) >= 11 is 1.41. The van der Waals surface area contributed by atoms with E-state index in [-0.39, 0.29) is 5.78 Å². The van der Waals surface area contributed by atoms with Gasteiger partial charge in [0.05, 0.1) is 11.3 Å². The van der Waals surface area contributed by atoms with Gasteiger partial charge in [-0.1, -0.05) is 0 Å². The molecule has 0 atom stereocenters. The van der Waals surface area contributed by atoms with E-state index in [1.54, 1.807) is 5.38 Å². The highest BCUT2D eigenvalue weighted by atomic mass is 32.1. The summed E-state index contributed by atoms with van der Waals surface area (Å²) in [4.78, 5) is 14.9. The van der Waals surface area contributed by atoms with E-state index in [1.165, 1.54) is 11.3 Å². The molecule has 1 aromatic rings. The smallest absolute Gasteiger partial charge is 0.208 e. The van der Waals surface area contributed by atoms with E-state index in [4.69, 9.17) is 5.11 Å². The Morgan fingerprint density at radius 3 is 3.00 bits per heavy atom. The highest BCUT2D eigenvalue weighted by Gasteiger charge is 2.04. The van der Waals surface area contributed by atoms with Crippen LogP contribution in [0.1, 0.15) is 15.5 Å². The molecule has 1 heterocycles. The number of carbonyl (C=O) groups is 1. The number of nitrogens with zero attached hydrogens (tertiary/aromatic N) is 1. The molecule has 0 unspecified atom stereocenters. The number of aromatic nitrogens is 1. The Labute approximate surface area is 68.0 Å². The molecule has 58 valence electrons. The summed E-state index contributed by atoms with van der Waals surface area (Å²) in [5.41, 5.74) is 0.387. The van der Waals surface area contributed by atoms with Crippen molar-refractivity contribution in [2.45, 2.75) is 6.92 Å². The molecule has 0 bridgehead atoms. The van der Waals surface area contributed by atoms with Crippen molar-refractivity contribution >= 4 is 17.1 Å². The van der Waals surface area contributed by atoms with Crippen LogP contribution in [0.5, 0.6) is 0 Å². The van der Waals surface area contributed by atoms with Gasteiger partial charge in [-0.15, -0.1) is 11.3 Å². The number of aryl methyl sites for hydroxylation is 1. The van der Waals surface area contributed by atoms with Crippen molar-refractivity contribution in [3.05, 3.63) is 28.4 Å². The molecule has 1 rings (SSSR count). The third-order valence-electron chi connectivity index (χ3n) is 1.10. The highest BCUT2D eigenvalue weighted by Crippen LogP contribution is 2.08. The van der Waals surface area contributed by atoms with Crippen molar-refractivity contribution in [1.29, 1.82) is 0 Å². The van der Waals surface area contributed by atoms with E-state index in [2.05, 4.69) is 4.98 Å². The zero-order chi connectivity index (χ0) is 8.27. The molecule has 0 aliphatic carbocycles. The summed E-state index contributed by atoms with van der Waals surface area (Å²) in [5.74, 6) is -0.267. The van der Waals surface area contributed by atoms with Gasteiger partial charge in [0.15, 0.2) is 0 Å². The number of hydrogen-bond acceptors (Lipinski definition) is 4. The van der Waals surface area contributed by atoms with E-state index in [1.807, 2.05) is 6.92 Å². The standard InChI is InChI=1S/C7H7NO2S/c1-5-8-6(4-11-5)7(10)2-3-9/h2-4,9H,1H3/b3-2+. The second-order valence-corrected chi connectivity index (χ2v) is 2.99.